The van der Waals surface area contributed by atoms with E-state index in [2.05, 4.69) is 15.1 Å². The standard InChI is InChI=1S/C11H9N5O/c12-10-8-9(7-4-2-1-3-5-7)15-16(17)11(8)14-6-13-10/h1-6,17H,(H2,12,13,14). The van der Waals surface area contributed by atoms with Crippen molar-refractivity contribution in [1.82, 2.24) is 19.9 Å². The Labute approximate surface area is 96.3 Å². The molecular weight excluding hydrogens is 218 g/mol. The van der Waals surface area contributed by atoms with Gasteiger partial charge in [0.25, 0.3) is 0 Å². The fourth-order valence-corrected chi connectivity index (χ4v) is 1.76. The van der Waals surface area contributed by atoms with Gasteiger partial charge in [-0.1, -0.05) is 35.2 Å². The minimum atomic E-state index is 0.300. The minimum absolute atomic E-state index is 0.300. The summed E-state index contributed by atoms with van der Waals surface area (Å²) in [4.78, 5) is 8.57. The fraction of sp³-hybridized carbons (Fsp3) is 0. The van der Waals surface area contributed by atoms with Crippen LogP contribution >= 0.6 is 0 Å². The Morgan fingerprint density at radius 1 is 1.12 bits per heavy atom. The number of aromatic nitrogens is 4. The van der Waals surface area contributed by atoms with Gasteiger partial charge in [0.1, 0.15) is 17.8 Å². The number of anilines is 1. The topological polar surface area (TPSA) is 89.9 Å². The normalized spacial score (nSPS) is 10.8. The number of nitrogens with zero attached hydrogens (tertiary/aromatic N) is 4. The Kier molecular flexibility index (Phi) is 1.94. The lowest BCUT2D eigenvalue weighted by Crippen LogP contribution is -1.96. The highest BCUT2D eigenvalue weighted by Crippen LogP contribution is 2.28. The number of hydrogen-bond acceptors (Lipinski definition) is 5. The average molecular weight is 227 g/mol. The fourth-order valence-electron chi connectivity index (χ4n) is 1.76. The number of rotatable bonds is 1. The van der Waals surface area contributed by atoms with Gasteiger partial charge in [0.2, 0.25) is 5.65 Å². The maximum Gasteiger partial charge on any atom is 0.204 e. The van der Waals surface area contributed by atoms with Crippen LogP contribution in [0.4, 0.5) is 5.82 Å². The summed E-state index contributed by atoms with van der Waals surface area (Å²) in [5, 5.41) is 14.2. The van der Waals surface area contributed by atoms with Crippen LogP contribution in [0.2, 0.25) is 0 Å². The van der Waals surface area contributed by atoms with Crippen LogP contribution in [-0.4, -0.2) is 25.1 Å². The van der Waals surface area contributed by atoms with Crippen LogP contribution < -0.4 is 5.73 Å². The van der Waals surface area contributed by atoms with Crippen molar-refractivity contribution in [2.45, 2.75) is 0 Å². The van der Waals surface area contributed by atoms with Crippen molar-refractivity contribution in [2.75, 3.05) is 5.73 Å². The SMILES string of the molecule is Nc1ncnc2c1c(-c1ccccc1)nn2O. The molecule has 2 aromatic heterocycles. The molecule has 0 saturated heterocycles. The predicted molar refractivity (Wildman–Crippen MR) is 62.4 cm³/mol. The average Bonchev–Trinajstić information content (AvgIpc) is 2.70. The van der Waals surface area contributed by atoms with E-state index >= 15 is 0 Å². The molecule has 3 rings (SSSR count). The first-order chi connectivity index (χ1) is 8.27. The van der Waals surface area contributed by atoms with Gasteiger partial charge in [-0.25, -0.2) is 9.97 Å². The molecule has 6 nitrogen and oxygen atoms in total. The van der Waals surface area contributed by atoms with Crippen LogP contribution in [0.5, 0.6) is 0 Å². The molecule has 0 bridgehead atoms. The minimum Gasteiger partial charge on any atom is -0.410 e. The molecule has 0 aliphatic rings. The van der Waals surface area contributed by atoms with Gasteiger partial charge in [0.15, 0.2) is 0 Å². The van der Waals surface area contributed by atoms with Gasteiger partial charge in [-0.2, -0.15) is 0 Å². The van der Waals surface area contributed by atoms with Crippen molar-refractivity contribution in [3.63, 3.8) is 0 Å². The van der Waals surface area contributed by atoms with Crippen molar-refractivity contribution in [3.05, 3.63) is 36.7 Å². The molecule has 0 amide bonds. The predicted octanol–water partition coefficient (Wildman–Crippen LogP) is 1.31. The number of nitrogen functional groups attached to an aromatic ring is 1. The highest BCUT2D eigenvalue weighted by atomic mass is 16.5. The van der Waals surface area contributed by atoms with Crippen molar-refractivity contribution in [2.24, 2.45) is 0 Å². The zero-order chi connectivity index (χ0) is 11.8. The van der Waals surface area contributed by atoms with E-state index in [9.17, 15) is 5.21 Å². The van der Waals surface area contributed by atoms with E-state index in [0.717, 1.165) is 10.4 Å². The second-order valence-electron chi connectivity index (χ2n) is 3.56. The Balaban J connectivity index is 2.38. The van der Waals surface area contributed by atoms with Gasteiger partial charge in [-0.15, -0.1) is 5.10 Å². The Bertz CT molecular complexity index is 677. The van der Waals surface area contributed by atoms with E-state index in [1.54, 1.807) is 0 Å². The summed E-state index contributed by atoms with van der Waals surface area (Å²) in [5.74, 6) is 0.300. The van der Waals surface area contributed by atoms with Crippen LogP contribution in [0, 0.1) is 0 Å². The number of nitrogens with two attached hydrogens (primary N) is 1. The summed E-state index contributed by atoms with van der Waals surface area (Å²) in [6, 6.07) is 9.44. The zero-order valence-corrected chi connectivity index (χ0v) is 8.78. The first-order valence-corrected chi connectivity index (χ1v) is 5.01. The van der Waals surface area contributed by atoms with E-state index in [0.29, 0.717) is 22.5 Å². The molecule has 84 valence electrons. The number of hydrogen-bond donors (Lipinski definition) is 2. The van der Waals surface area contributed by atoms with Crippen molar-refractivity contribution in [3.8, 4) is 11.3 Å². The van der Waals surface area contributed by atoms with E-state index in [4.69, 9.17) is 5.73 Å². The molecule has 1 aromatic carbocycles. The quantitative estimate of drug-likeness (QED) is 0.612. The summed E-state index contributed by atoms with van der Waals surface area (Å²) in [7, 11) is 0. The molecule has 0 saturated carbocycles. The lowest BCUT2D eigenvalue weighted by Gasteiger charge is -1.97. The Morgan fingerprint density at radius 3 is 2.65 bits per heavy atom. The zero-order valence-electron chi connectivity index (χ0n) is 8.78. The first-order valence-electron chi connectivity index (χ1n) is 5.01. The summed E-state index contributed by atoms with van der Waals surface area (Å²) in [5.41, 5.74) is 7.52. The second-order valence-corrected chi connectivity index (χ2v) is 3.56. The molecule has 0 aliphatic heterocycles. The van der Waals surface area contributed by atoms with Crippen molar-refractivity contribution < 1.29 is 5.21 Å². The van der Waals surface area contributed by atoms with E-state index in [-0.39, 0.29) is 0 Å². The Hall–Kier alpha value is -2.63. The molecule has 3 aromatic rings. The maximum absolute atomic E-state index is 9.64. The molecule has 0 unspecified atom stereocenters. The van der Waals surface area contributed by atoms with Crippen molar-refractivity contribution >= 4 is 16.9 Å². The van der Waals surface area contributed by atoms with Crippen LogP contribution in [-0.2, 0) is 0 Å². The summed E-state index contributed by atoms with van der Waals surface area (Å²) in [6.45, 7) is 0. The lowest BCUT2D eigenvalue weighted by atomic mass is 10.1. The van der Waals surface area contributed by atoms with Gasteiger partial charge in [0, 0.05) is 5.56 Å². The molecule has 17 heavy (non-hydrogen) atoms. The molecule has 0 aliphatic carbocycles. The summed E-state index contributed by atoms with van der Waals surface area (Å²) < 4.78 is 0. The molecule has 0 atom stereocenters. The summed E-state index contributed by atoms with van der Waals surface area (Å²) in [6.07, 6.45) is 1.29. The van der Waals surface area contributed by atoms with Crippen LogP contribution in [0.3, 0.4) is 0 Å². The molecular formula is C11H9N5O. The van der Waals surface area contributed by atoms with E-state index in [1.165, 1.54) is 6.33 Å². The number of fused-ring (bicyclic) bond motifs is 1. The van der Waals surface area contributed by atoms with Crippen LogP contribution in [0.1, 0.15) is 0 Å². The molecule has 0 radical (unpaired) electrons. The molecule has 0 spiro atoms. The molecule has 2 heterocycles. The van der Waals surface area contributed by atoms with E-state index in [1.807, 2.05) is 30.3 Å². The molecule has 0 fully saturated rings. The van der Waals surface area contributed by atoms with Gasteiger partial charge in [0.05, 0.1) is 5.39 Å². The largest absolute Gasteiger partial charge is 0.410 e. The number of benzene rings is 1. The van der Waals surface area contributed by atoms with Crippen LogP contribution in [0.15, 0.2) is 36.7 Å². The third kappa shape index (κ3) is 1.38. The summed E-state index contributed by atoms with van der Waals surface area (Å²) >= 11 is 0. The third-order valence-electron chi connectivity index (χ3n) is 2.52. The van der Waals surface area contributed by atoms with Crippen LogP contribution in [0.25, 0.3) is 22.3 Å². The smallest absolute Gasteiger partial charge is 0.204 e. The van der Waals surface area contributed by atoms with Gasteiger partial charge < -0.3 is 10.9 Å². The highest BCUT2D eigenvalue weighted by Gasteiger charge is 2.15. The van der Waals surface area contributed by atoms with Gasteiger partial charge in [-0.3, -0.25) is 0 Å². The monoisotopic (exact) mass is 227 g/mol. The van der Waals surface area contributed by atoms with E-state index < -0.39 is 0 Å². The highest BCUT2D eigenvalue weighted by molar-refractivity contribution is 5.97. The molecule has 3 N–H and O–H groups in total. The Morgan fingerprint density at radius 2 is 1.88 bits per heavy atom. The second kappa shape index (κ2) is 3.44. The van der Waals surface area contributed by atoms with Gasteiger partial charge >= 0.3 is 0 Å². The maximum atomic E-state index is 9.64. The first kappa shape index (κ1) is 9.59. The molecule has 6 heteroatoms. The third-order valence-corrected chi connectivity index (χ3v) is 2.52. The van der Waals surface area contributed by atoms with Gasteiger partial charge in [-0.05, 0) is 0 Å². The van der Waals surface area contributed by atoms with Crippen molar-refractivity contribution in [1.29, 1.82) is 0 Å². The lowest BCUT2D eigenvalue weighted by molar-refractivity contribution is 0.160.